The molecule has 0 fully saturated rings. The Bertz CT molecular complexity index is 553. The highest BCUT2D eigenvalue weighted by Crippen LogP contribution is 2.22. The van der Waals surface area contributed by atoms with Gasteiger partial charge in [-0.25, -0.2) is 0 Å². The quantitative estimate of drug-likeness (QED) is 0.779. The summed E-state index contributed by atoms with van der Waals surface area (Å²) >= 11 is 6.21. The number of nitrogens with one attached hydrogen (secondary N) is 1. The van der Waals surface area contributed by atoms with E-state index in [1.54, 1.807) is 0 Å². The summed E-state index contributed by atoms with van der Waals surface area (Å²) in [5.74, 6) is 0.930. The van der Waals surface area contributed by atoms with Crippen molar-refractivity contribution < 1.29 is 4.74 Å². The fourth-order valence-electron chi connectivity index (χ4n) is 2.13. The minimum atomic E-state index is 0.217. The van der Waals surface area contributed by atoms with Crippen molar-refractivity contribution in [3.05, 3.63) is 64.7 Å². The molecule has 2 rings (SSSR count). The zero-order valence-electron chi connectivity index (χ0n) is 12.6. The predicted octanol–water partition coefficient (Wildman–Crippen LogP) is 4.98. The Morgan fingerprint density at radius 2 is 1.81 bits per heavy atom. The molecule has 1 N–H and O–H groups in total. The first-order chi connectivity index (χ1) is 10.2. The molecular formula is C18H22ClNO. The van der Waals surface area contributed by atoms with Crippen LogP contribution in [0.2, 0.25) is 5.02 Å². The highest BCUT2D eigenvalue weighted by atomic mass is 35.5. The van der Waals surface area contributed by atoms with Gasteiger partial charge in [-0.2, -0.15) is 0 Å². The molecular weight excluding hydrogens is 282 g/mol. The number of halogens is 1. The number of benzene rings is 2. The summed E-state index contributed by atoms with van der Waals surface area (Å²) in [4.78, 5) is 0. The van der Waals surface area contributed by atoms with E-state index >= 15 is 0 Å². The molecule has 0 aliphatic carbocycles. The van der Waals surface area contributed by atoms with E-state index in [1.165, 1.54) is 5.56 Å². The lowest BCUT2D eigenvalue weighted by Crippen LogP contribution is -2.18. The molecule has 21 heavy (non-hydrogen) atoms. The Hall–Kier alpha value is -1.51. The number of ether oxygens (including phenoxy) is 1. The Morgan fingerprint density at radius 3 is 2.48 bits per heavy atom. The smallest absolute Gasteiger partial charge is 0.119 e. The zero-order valence-corrected chi connectivity index (χ0v) is 13.4. The van der Waals surface area contributed by atoms with Gasteiger partial charge in [0.05, 0.1) is 6.61 Å². The fourth-order valence-corrected chi connectivity index (χ4v) is 2.43. The van der Waals surface area contributed by atoms with Crippen molar-refractivity contribution >= 4 is 11.6 Å². The molecule has 0 spiro atoms. The second-order valence-electron chi connectivity index (χ2n) is 5.12. The topological polar surface area (TPSA) is 21.3 Å². The lowest BCUT2D eigenvalue weighted by Gasteiger charge is -2.16. The Morgan fingerprint density at radius 1 is 1.10 bits per heavy atom. The number of rotatable bonds is 7. The van der Waals surface area contributed by atoms with Gasteiger partial charge in [0.1, 0.15) is 5.75 Å². The minimum absolute atomic E-state index is 0.217. The van der Waals surface area contributed by atoms with Crippen LogP contribution in [0.4, 0.5) is 0 Å². The van der Waals surface area contributed by atoms with Crippen LogP contribution in [-0.2, 0) is 6.54 Å². The molecule has 2 aromatic carbocycles. The van der Waals surface area contributed by atoms with Crippen LogP contribution in [0.3, 0.4) is 0 Å². The first-order valence-electron chi connectivity index (χ1n) is 7.40. The van der Waals surface area contributed by atoms with Gasteiger partial charge in [0.25, 0.3) is 0 Å². The molecule has 0 aliphatic rings. The van der Waals surface area contributed by atoms with E-state index in [0.29, 0.717) is 0 Å². The lowest BCUT2D eigenvalue weighted by molar-refractivity contribution is 0.317. The SMILES string of the molecule is CCCOc1ccc(CN[C@H](C)c2ccccc2Cl)cc1. The molecule has 0 aliphatic heterocycles. The van der Waals surface area contributed by atoms with Crippen molar-refractivity contribution in [2.75, 3.05) is 6.61 Å². The Labute approximate surface area is 132 Å². The van der Waals surface area contributed by atoms with Gasteiger partial charge in [-0.1, -0.05) is 48.9 Å². The average Bonchev–Trinajstić information content (AvgIpc) is 2.52. The van der Waals surface area contributed by atoms with Crippen LogP contribution in [0.25, 0.3) is 0 Å². The van der Waals surface area contributed by atoms with Crippen LogP contribution in [0, 0.1) is 0 Å². The summed E-state index contributed by atoms with van der Waals surface area (Å²) in [6.45, 7) is 5.80. The number of hydrogen-bond acceptors (Lipinski definition) is 2. The minimum Gasteiger partial charge on any atom is -0.494 e. The summed E-state index contributed by atoms with van der Waals surface area (Å²) in [6, 6.07) is 16.4. The van der Waals surface area contributed by atoms with Gasteiger partial charge >= 0.3 is 0 Å². The highest BCUT2D eigenvalue weighted by Gasteiger charge is 2.08. The monoisotopic (exact) mass is 303 g/mol. The Kier molecular flexibility index (Phi) is 6.09. The predicted molar refractivity (Wildman–Crippen MR) is 88.9 cm³/mol. The molecule has 2 aromatic rings. The van der Waals surface area contributed by atoms with Gasteiger partial charge in [-0.15, -0.1) is 0 Å². The maximum Gasteiger partial charge on any atom is 0.119 e. The van der Waals surface area contributed by atoms with Gasteiger partial charge in [-0.05, 0) is 42.7 Å². The summed E-state index contributed by atoms with van der Waals surface area (Å²) in [5, 5.41) is 4.30. The van der Waals surface area contributed by atoms with Crippen molar-refractivity contribution in [1.29, 1.82) is 0 Å². The van der Waals surface area contributed by atoms with Gasteiger partial charge < -0.3 is 10.1 Å². The van der Waals surface area contributed by atoms with E-state index in [1.807, 2.05) is 30.3 Å². The van der Waals surface area contributed by atoms with Gasteiger partial charge in [0.15, 0.2) is 0 Å². The first kappa shape index (κ1) is 15.9. The van der Waals surface area contributed by atoms with Crippen LogP contribution in [0.15, 0.2) is 48.5 Å². The average molecular weight is 304 g/mol. The molecule has 1 atom stereocenters. The van der Waals surface area contributed by atoms with Crippen molar-refractivity contribution in [3.8, 4) is 5.75 Å². The summed E-state index contributed by atoms with van der Waals surface area (Å²) in [6.07, 6.45) is 1.03. The molecule has 0 saturated heterocycles. The maximum atomic E-state index is 6.21. The molecule has 0 unspecified atom stereocenters. The molecule has 0 heterocycles. The Balaban J connectivity index is 1.89. The van der Waals surface area contributed by atoms with E-state index in [9.17, 15) is 0 Å². The van der Waals surface area contributed by atoms with Crippen molar-refractivity contribution in [3.63, 3.8) is 0 Å². The second kappa shape index (κ2) is 8.06. The third-order valence-corrected chi connectivity index (χ3v) is 3.72. The third kappa shape index (κ3) is 4.76. The van der Waals surface area contributed by atoms with Crippen LogP contribution in [0.1, 0.15) is 37.4 Å². The molecule has 0 bridgehead atoms. The van der Waals surface area contributed by atoms with Gasteiger partial charge in [0, 0.05) is 17.6 Å². The van der Waals surface area contributed by atoms with Gasteiger partial charge in [0.2, 0.25) is 0 Å². The largest absolute Gasteiger partial charge is 0.494 e. The molecule has 0 radical (unpaired) electrons. The van der Waals surface area contributed by atoms with E-state index in [4.69, 9.17) is 16.3 Å². The number of hydrogen-bond donors (Lipinski definition) is 1. The van der Waals surface area contributed by atoms with Crippen LogP contribution in [-0.4, -0.2) is 6.61 Å². The molecule has 0 aromatic heterocycles. The van der Waals surface area contributed by atoms with E-state index < -0.39 is 0 Å². The first-order valence-corrected chi connectivity index (χ1v) is 7.78. The van der Waals surface area contributed by atoms with E-state index in [0.717, 1.165) is 35.9 Å². The molecule has 2 nitrogen and oxygen atoms in total. The van der Waals surface area contributed by atoms with Crippen LogP contribution in [0.5, 0.6) is 5.75 Å². The molecule has 3 heteroatoms. The second-order valence-corrected chi connectivity index (χ2v) is 5.52. The fraction of sp³-hybridized carbons (Fsp3) is 0.333. The molecule has 112 valence electrons. The van der Waals surface area contributed by atoms with E-state index in [2.05, 4.69) is 37.4 Å². The summed E-state index contributed by atoms with van der Waals surface area (Å²) in [7, 11) is 0. The van der Waals surface area contributed by atoms with Crippen molar-refractivity contribution in [1.82, 2.24) is 5.32 Å². The summed E-state index contributed by atoms with van der Waals surface area (Å²) in [5.41, 5.74) is 2.36. The van der Waals surface area contributed by atoms with Crippen molar-refractivity contribution in [2.24, 2.45) is 0 Å². The van der Waals surface area contributed by atoms with Gasteiger partial charge in [-0.3, -0.25) is 0 Å². The van der Waals surface area contributed by atoms with Crippen LogP contribution >= 0.6 is 11.6 Å². The molecule has 0 amide bonds. The molecule has 0 saturated carbocycles. The normalized spacial score (nSPS) is 12.1. The maximum absolute atomic E-state index is 6.21. The van der Waals surface area contributed by atoms with Crippen LogP contribution < -0.4 is 10.1 Å². The van der Waals surface area contributed by atoms with Crippen molar-refractivity contribution in [2.45, 2.75) is 32.9 Å². The third-order valence-electron chi connectivity index (χ3n) is 3.38. The zero-order chi connectivity index (χ0) is 15.1. The summed E-state index contributed by atoms with van der Waals surface area (Å²) < 4.78 is 5.58. The van der Waals surface area contributed by atoms with E-state index in [-0.39, 0.29) is 6.04 Å². The highest BCUT2D eigenvalue weighted by molar-refractivity contribution is 6.31. The lowest BCUT2D eigenvalue weighted by atomic mass is 10.1. The standard InChI is InChI=1S/C18H22ClNO/c1-3-12-21-16-10-8-15(9-11-16)13-20-14(2)17-6-4-5-7-18(17)19/h4-11,14,20H,3,12-13H2,1-2H3/t14-/m1/s1.